The molecule has 8 heteroatoms. The standard InChI is InChI=1S/C20H22N2O5S/c1-25-8-5-7-22-19(23)17(16-6-4-9-28-16)18(20(22)24)21-13-10-14(26-2)12-15(11-13)27-3/h4,6,9-12,21H,5,7-8H2,1-3H3. The Kier molecular flexibility index (Phi) is 6.33. The number of carbonyl (C=O) groups excluding carboxylic acids is 2. The lowest BCUT2D eigenvalue weighted by molar-refractivity contribution is -0.136. The van der Waals surface area contributed by atoms with E-state index in [1.807, 2.05) is 17.5 Å². The Bertz CT molecular complexity index is 870. The number of ether oxygens (including phenoxy) is 3. The quantitative estimate of drug-likeness (QED) is 0.513. The zero-order valence-corrected chi connectivity index (χ0v) is 16.8. The molecule has 0 radical (unpaired) electrons. The largest absolute Gasteiger partial charge is 0.497 e. The van der Waals surface area contributed by atoms with Gasteiger partial charge >= 0.3 is 0 Å². The minimum Gasteiger partial charge on any atom is -0.497 e. The topological polar surface area (TPSA) is 77.1 Å². The maximum atomic E-state index is 13.0. The second-order valence-corrected chi connectivity index (χ2v) is 7.01. The number of nitrogens with one attached hydrogen (secondary N) is 1. The molecule has 2 amide bonds. The number of imide groups is 1. The van der Waals surface area contributed by atoms with Crippen molar-refractivity contribution >= 4 is 34.4 Å². The molecule has 0 spiro atoms. The van der Waals surface area contributed by atoms with Gasteiger partial charge in [-0.3, -0.25) is 14.5 Å². The van der Waals surface area contributed by atoms with Crippen LogP contribution in [0, 0.1) is 0 Å². The number of methoxy groups -OCH3 is 3. The second-order valence-electron chi connectivity index (χ2n) is 6.06. The summed E-state index contributed by atoms with van der Waals surface area (Å²) in [6, 6.07) is 8.90. The molecule has 0 saturated carbocycles. The van der Waals surface area contributed by atoms with Gasteiger partial charge in [0.05, 0.1) is 19.8 Å². The number of nitrogens with zero attached hydrogens (tertiary/aromatic N) is 1. The number of thiophene rings is 1. The minimum atomic E-state index is -0.355. The molecule has 1 aromatic carbocycles. The van der Waals surface area contributed by atoms with E-state index in [0.29, 0.717) is 42.3 Å². The third kappa shape index (κ3) is 4.02. The van der Waals surface area contributed by atoms with Gasteiger partial charge in [0.15, 0.2) is 0 Å². The van der Waals surface area contributed by atoms with E-state index in [2.05, 4.69) is 5.32 Å². The van der Waals surface area contributed by atoms with Gasteiger partial charge in [-0.15, -0.1) is 11.3 Å². The van der Waals surface area contributed by atoms with E-state index >= 15 is 0 Å². The van der Waals surface area contributed by atoms with Gasteiger partial charge in [-0.1, -0.05) is 6.07 Å². The molecule has 148 valence electrons. The lowest BCUT2D eigenvalue weighted by Crippen LogP contribution is -2.33. The highest BCUT2D eigenvalue weighted by Gasteiger charge is 2.39. The molecule has 1 aromatic heterocycles. The van der Waals surface area contributed by atoms with Crippen molar-refractivity contribution in [3.05, 3.63) is 46.3 Å². The van der Waals surface area contributed by atoms with E-state index < -0.39 is 0 Å². The van der Waals surface area contributed by atoms with Crippen LogP contribution in [0.3, 0.4) is 0 Å². The summed E-state index contributed by atoms with van der Waals surface area (Å²) >= 11 is 1.41. The van der Waals surface area contributed by atoms with Gasteiger partial charge in [0, 0.05) is 49.0 Å². The Balaban J connectivity index is 1.97. The second kappa shape index (κ2) is 8.90. The van der Waals surface area contributed by atoms with Crippen LogP contribution in [0.15, 0.2) is 41.4 Å². The number of benzene rings is 1. The molecule has 1 N–H and O–H groups in total. The maximum absolute atomic E-state index is 13.0. The number of hydrogen-bond acceptors (Lipinski definition) is 7. The third-order valence-electron chi connectivity index (χ3n) is 4.29. The van der Waals surface area contributed by atoms with E-state index in [-0.39, 0.29) is 17.5 Å². The number of hydrogen-bond donors (Lipinski definition) is 1. The molecule has 3 rings (SSSR count). The normalized spacial score (nSPS) is 14.0. The van der Waals surface area contributed by atoms with Crippen molar-refractivity contribution in [2.24, 2.45) is 0 Å². The van der Waals surface area contributed by atoms with Crippen molar-refractivity contribution in [1.29, 1.82) is 0 Å². The molecule has 0 atom stereocenters. The van der Waals surface area contributed by atoms with Crippen LogP contribution in [0.5, 0.6) is 11.5 Å². The Labute approximate surface area is 167 Å². The van der Waals surface area contributed by atoms with Gasteiger partial charge in [-0.25, -0.2) is 0 Å². The summed E-state index contributed by atoms with van der Waals surface area (Å²) in [7, 11) is 4.69. The predicted molar refractivity (Wildman–Crippen MR) is 108 cm³/mol. The minimum absolute atomic E-state index is 0.250. The highest BCUT2D eigenvalue weighted by atomic mass is 32.1. The molecule has 1 aliphatic rings. The van der Waals surface area contributed by atoms with Gasteiger partial charge in [0.25, 0.3) is 11.8 Å². The molecule has 0 saturated heterocycles. The summed E-state index contributed by atoms with van der Waals surface area (Å²) < 4.78 is 15.6. The van der Waals surface area contributed by atoms with E-state index in [4.69, 9.17) is 14.2 Å². The molecule has 0 unspecified atom stereocenters. The monoisotopic (exact) mass is 402 g/mol. The first-order valence-electron chi connectivity index (χ1n) is 8.72. The van der Waals surface area contributed by atoms with Gasteiger partial charge in [-0.05, 0) is 17.9 Å². The maximum Gasteiger partial charge on any atom is 0.278 e. The zero-order chi connectivity index (χ0) is 20.1. The summed E-state index contributed by atoms with van der Waals surface area (Å²) in [5.74, 6) is 0.495. The first-order valence-corrected chi connectivity index (χ1v) is 9.60. The highest BCUT2D eigenvalue weighted by Crippen LogP contribution is 2.34. The fourth-order valence-corrected chi connectivity index (χ4v) is 3.70. The number of carbonyl (C=O) groups is 2. The van der Waals surface area contributed by atoms with E-state index in [1.165, 1.54) is 16.2 Å². The van der Waals surface area contributed by atoms with E-state index in [9.17, 15) is 9.59 Å². The first-order chi connectivity index (χ1) is 13.6. The number of anilines is 1. The SMILES string of the molecule is COCCCN1C(=O)C(Nc2cc(OC)cc(OC)c2)=C(c2cccs2)C1=O. The fraction of sp³-hybridized carbons (Fsp3) is 0.300. The lowest BCUT2D eigenvalue weighted by atomic mass is 10.2. The molecule has 2 aromatic rings. The molecule has 0 bridgehead atoms. The highest BCUT2D eigenvalue weighted by molar-refractivity contribution is 7.11. The van der Waals surface area contributed by atoms with Crippen LogP contribution in [0.1, 0.15) is 11.3 Å². The summed E-state index contributed by atoms with van der Waals surface area (Å²) in [5.41, 5.74) is 1.22. The van der Waals surface area contributed by atoms with Crippen LogP contribution >= 0.6 is 11.3 Å². The summed E-state index contributed by atoms with van der Waals surface area (Å²) in [6.45, 7) is 0.772. The average molecular weight is 402 g/mol. The Morgan fingerprint density at radius 2 is 1.75 bits per heavy atom. The fourth-order valence-electron chi connectivity index (χ4n) is 2.94. The van der Waals surface area contributed by atoms with E-state index in [1.54, 1.807) is 39.5 Å². The summed E-state index contributed by atoms with van der Waals surface area (Å²) in [4.78, 5) is 28.0. The molecular formula is C20H22N2O5S. The molecule has 0 fully saturated rings. The third-order valence-corrected chi connectivity index (χ3v) is 5.17. The van der Waals surface area contributed by atoms with Crippen molar-refractivity contribution in [3.8, 4) is 11.5 Å². The number of amides is 2. The van der Waals surface area contributed by atoms with Crippen LogP contribution in [-0.2, 0) is 14.3 Å². The first kappa shape index (κ1) is 19.9. The molecule has 1 aliphatic heterocycles. The van der Waals surface area contributed by atoms with Gasteiger partial charge in [0.2, 0.25) is 0 Å². The van der Waals surface area contributed by atoms with Crippen LogP contribution in [-0.4, -0.2) is 51.2 Å². The molecular weight excluding hydrogens is 380 g/mol. The van der Waals surface area contributed by atoms with Crippen LogP contribution in [0.4, 0.5) is 5.69 Å². The van der Waals surface area contributed by atoms with Crippen LogP contribution < -0.4 is 14.8 Å². The average Bonchev–Trinajstić information content (AvgIpc) is 3.30. The molecule has 28 heavy (non-hydrogen) atoms. The summed E-state index contributed by atoms with van der Waals surface area (Å²) in [5, 5.41) is 4.99. The Hall–Kier alpha value is -2.84. The van der Waals surface area contributed by atoms with Crippen molar-refractivity contribution in [3.63, 3.8) is 0 Å². The molecule has 0 aliphatic carbocycles. The van der Waals surface area contributed by atoms with Gasteiger partial charge < -0.3 is 19.5 Å². The van der Waals surface area contributed by atoms with Crippen molar-refractivity contribution in [1.82, 2.24) is 4.90 Å². The van der Waals surface area contributed by atoms with Gasteiger partial charge in [0.1, 0.15) is 17.2 Å². The smallest absolute Gasteiger partial charge is 0.278 e. The Morgan fingerprint density at radius 3 is 2.32 bits per heavy atom. The predicted octanol–water partition coefficient (Wildman–Crippen LogP) is 2.99. The Morgan fingerprint density at radius 1 is 1.04 bits per heavy atom. The van der Waals surface area contributed by atoms with Crippen LogP contribution in [0.2, 0.25) is 0 Å². The lowest BCUT2D eigenvalue weighted by Gasteiger charge is -2.15. The van der Waals surface area contributed by atoms with Gasteiger partial charge in [-0.2, -0.15) is 0 Å². The summed E-state index contributed by atoms with van der Waals surface area (Å²) in [6.07, 6.45) is 0.575. The number of rotatable bonds is 9. The van der Waals surface area contributed by atoms with Crippen LogP contribution in [0.25, 0.3) is 5.57 Å². The molecule has 7 nitrogen and oxygen atoms in total. The van der Waals surface area contributed by atoms with Crippen molar-refractivity contribution in [2.45, 2.75) is 6.42 Å². The molecule has 2 heterocycles. The van der Waals surface area contributed by atoms with E-state index in [0.717, 1.165) is 4.88 Å². The van der Waals surface area contributed by atoms with Crippen molar-refractivity contribution < 1.29 is 23.8 Å². The van der Waals surface area contributed by atoms with Crippen molar-refractivity contribution in [2.75, 3.05) is 39.8 Å². The zero-order valence-electron chi connectivity index (χ0n) is 16.0.